The molecule has 110 valence electrons. The number of nitrogens with zero attached hydrogens (tertiary/aromatic N) is 1. The highest BCUT2D eigenvalue weighted by Crippen LogP contribution is 2.24. The van der Waals surface area contributed by atoms with E-state index in [1.807, 2.05) is 62.4 Å². The third-order valence-corrected chi connectivity index (χ3v) is 3.44. The molecule has 0 saturated carbocycles. The lowest BCUT2D eigenvalue weighted by atomic mass is 10.1. The first-order valence-corrected chi connectivity index (χ1v) is 7.03. The first kappa shape index (κ1) is 14.1. The van der Waals surface area contributed by atoms with Gasteiger partial charge in [0.05, 0.1) is 6.20 Å². The Labute approximate surface area is 128 Å². The van der Waals surface area contributed by atoms with Crippen molar-refractivity contribution in [1.29, 1.82) is 0 Å². The molecule has 0 aliphatic carbocycles. The molecule has 0 atom stereocenters. The van der Waals surface area contributed by atoms with Crippen LogP contribution in [0.3, 0.4) is 0 Å². The largest absolute Gasteiger partial charge is 0.355 e. The van der Waals surface area contributed by atoms with Gasteiger partial charge in [-0.2, -0.15) is 0 Å². The van der Waals surface area contributed by atoms with Crippen LogP contribution in [0, 0.1) is 13.8 Å². The van der Waals surface area contributed by atoms with Crippen molar-refractivity contribution in [2.75, 3.05) is 5.32 Å². The molecular formula is C18H16N2O2. The summed E-state index contributed by atoms with van der Waals surface area (Å²) >= 11 is 0. The van der Waals surface area contributed by atoms with Gasteiger partial charge in [0.2, 0.25) is 0 Å². The van der Waals surface area contributed by atoms with Crippen molar-refractivity contribution in [2.24, 2.45) is 0 Å². The van der Waals surface area contributed by atoms with Crippen LogP contribution >= 0.6 is 0 Å². The number of benzene rings is 2. The number of hydrogen-bond donors (Lipinski definition) is 1. The summed E-state index contributed by atoms with van der Waals surface area (Å²) in [5, 5.41) is 6.62. The minimum absolute atomic E-state index is 0.235. The van der Waals surface area contributed by atoms with Gasteiger partial charge in [-0.05, 0) is 26.0 Å². The van der Waals surface area contributed by atoms with Crippen LogP contribution in [0.2, 0.25) is 0 Å². The van der Waals surface area contributed by atoms with Crippen molar-refractivity contribution in [3.05, 3.63) is 71.4 Å². The lowest BCUT2D eigenvalue weighted by molar-refractivity contribution is 0.102. The zero-order valence-electron chi connectivity index (χ0n) is 12.5. The summed E-state index contributed by atoms with van der Waals surface area (Å²) in [4.78, 5) is 12.4. The molecule has 1 N–H and O–H groups in total. The number of aryl methyl sites for hydroxylation is 2. The van der Waals surface area contributed by atoms with Crippen LogP contribution < -0.4 is 5.32 Å². The average Bonchev–Trinajstić information content (AvgIpc) is 3.00. The summed E-state index contributed by atoms with van der Waals surface area (Å²) in [5.74, 6) is 0.241. The van der Waals surface area contributed by atoms with Crippen molar-refractivity contribution in [3.8, 4) is 11.3 Å². The molecule has 0 bridgehead atoms. The maximum absolute atomic E-state index is 12.4. The molecule has 1 heterocycles. The fraction of sp³-hybridized carbons (Fsp3) is 0.111. The Morgan fingerprint density at radius 1 is 0.955 bits per heavy atom. The van der Waals surface area contributed by atoms with E-state index in [-0.39, 0.29) is 5.91 Å². The fourth-order valence-corrected chi connectivity index (χ4v) is 2.15. The van der Waals surface area contributed by atoms with Crippen molar-refractivity contribution in [1.82, 2.24) is 5.16 Å². The molecule has 22 heavy (non-hydrogen) atoms. The van der Waals surface area contributed by atoms with E-state index in [9.17, 15) is 4.79 Å². The van der Waals surface area contributed by atoms with E-state index in [2.05, 4.69) is 10.5 Å². The number of anilines is 1. The molecule has 0 aliphatic rings. The highest BCUT2D eigenvalue weighted by atomic mass is 16.5. The standard InChI is InChI=1S/C18H16N2O2/c1-12-3-7-14(8-4-12)17-16(11-19-22-17)18(21)20-15-9-5-13(2)6-10-15/h3-11H,1-2H3,(H,20,21). The van der Waals surface area contributed by atoms with Gasteiger partial charge in [0.1, 0.15) is 5.56 Å². The molecule has 0 aliphatic heterocycles. The second-order valence-electron chi connectivity index (χ2n) is 5.25. The monoisotopic (exact) mass is 292 g/mol. The van der Waals surface area contributed by atoms with Crippen LogP contribution in [0.25, 0.3) is 11.3 Å². The number of amides is 1. The third-order valence-electron chi connectivity index (χ3n) is 3.44. The molecule has 4 nitrogen and oxygen atoms in total. The summed E-state index contributed by atoms with van der Waals surface area (Å²) in [6, 6.07) is 15.4. The van der Waals surface area contributed by atoms with Crippen molar-refractivity contribution < 1.29 is 9.32 Å². The quantitative estimate of drug-likeness (QED) is 0.786. The Morgan fingerprint density at radius 3 is 2.18 bits per heavy atom. The van der Waals surface area contributed by atoms with E-state index >= 15 is 0 Å². The lowest BCUT2D eigenvalue weighted by Gasteiger charge is -2.05. The Morgan fingerprint density at radius 2 is 1.55 bits per heavy atom. The topological polar surface area (TPSA) is 55.1 Å². The van der Waals surface area contributed by atoms with Crippen molar-refractivity contribution >= 4 is 11.6 Å². The second-order valence-corrected chi connectivity index (χ2v) is 5.25. The van der Waals surface area contributed by atoms with Gasteiger partial charge in [-0.3, -0.25) is 4.79 Å². The van der Waals surface area contributed by atoms with Crippen molar-refractivity contribution in [2.45, 2.75) is 13.8 Å². The Bertz CT molecular complexity index is 787. The number of aromatic nitrogens is 1. The van der Waals surface area contributed by atoms with E-state index in [4.69, 9.17) is 4.52 Å². The lowest BCUT2D eigenvalue weighted by Crippen LogP contribution is -2.11. The zero-order valence-corrected chi connectivity index (χ0v) is 12.5. The summed E-state index contributed by atoms with van der Waals surface area (Å²) < 4.78 is 5.26. The number of nitrogens with one attached hydrogen (secondary N) is 1. The second kappa shape index (κ2) is 5.85. The van der Waals surface area contributed by atoms with Crippen LogP contribution in [-0.2, 0) is 0 Å². The number of carbonyl (C=O) groups is 1. The first-order valence-electron chi connectivity index (χ1n) is 7.03. The van der Waals surface area contributed by atoms with Crippen LogP contribution in [0.15, 0.2) is 59.3 Å². The van der Waals surface area contributed by atoms with E-state index in [0.29, 0.717) is 11.3 Å². The molecule has 2 aromatic carbocycles. The minimum Gasteiger partial charge on any atom is -0.355 e. The molecule has 4 heteroatoms. The highest BCUT2D eigenvalue weighted by Gasteiger charge is 2.17. The Hall–Kier alpha value is -2.88. The van der Waals surface area contributed by atoms with E-state index in [0.717, 1.165) is 22.4 Å². The van der Waals surface area contributed by atoms with Crippen LogP contribution in [0.4, 0.5) is 5.69 Å². The van der Waals surface area contributed by atoms with Gasteiger partial charge in [-0.15, -0.1) is 0 Å². The fourth-order valence-electron chi connectivity index (χ4n) is 2.15. The van der Waals surface area contributed by atoms with Gasteiger partial charge in [0, 0.05) is 11.3 Å². The van der Waals surface area contributed by atoms with Gasteiger partial charge in [-0.1, -0.05) is 52.7 Å². The van der Waals surface area contributed by atoms with Gasteiger partial charge in [0.25, 0.3) is 5.91 Å². The molecule has 0 fully saturated rings. The average molecular weight is 292 g/mol. The van der Waals surface area contributed by atoms with Gasteiger partial charge in [0.15, 0.2) is 5.76 Å². The summed E-state index contributed by atoms with van der Waals surface area (Å²) in [6.07, 6.45) is 1.44. The smallest absolute Gasteiger partial charge is 0.261 e. The zero-order chi connectivity index (χ0) is 15.5. The Balaban J connectivity index is 1.86. The Kier molecular flexibility index (Phi) is 3.74. The summed E-state index contributed by atoms with van der Waals surface area (Å²) in [7, 11) is 0. The first-order chi connectivity index (χ1) is 10.6. The maximum Gasteiger partial charge on any atom is 0.261 e. The molecule has 0 radical (unpaired) electrons. The van der Waals surface area contributed by atoms with Crippen LogP contribution in [-0.4, -0.2) is 11.1 Å². The SMILES string of the molecule is Cc1ccc(NC(=O)c2cnoc2-c2ccc(C)cc2)cc1. The highest BCUT2D eigenvalue weighted by molar-refractivity contribution is 6.07. The van der Waals surface area contributed by atoms with E-state index in [1.165, 1.54) is 6.20 Å². The van der Waals surface area contributed by atoms with Crippen LogP contribution in [0.1, 0.15) is 21.5 Å². The number of rotatable bonds is 3. The van der Waals surface area contributed by atoms with Gasteiger partial charge < -0.3 is 9.84 Å². The predicted molar refractivity (Wildman–Crippen MR) is 85.8 cm³/mol. The summed E-state index contributed by atoms with van der Waals surface area (Å²) in [6.45, 7) is 4.01. The number of hydrogen-bond acceptors (Lipinski definition) is 3. The van der Waals surface area contributed by atoms with Crippen LogP contribution in [0.5, 0.6) is 0 Å². The molecule has 1 amide bonds. The van der Waals surface area contributed by atoms with Crippen molar-refractivity contribution in [3.63, 3.8) is 0 Å². The van der Waals surface area contributed by atoms with Gasteiger partial charge in [-0.25, -0.2) is 0 Å². The normalized spacial score (nSPS) is 10.5. The van der Waals surface area contributed by atoms with E-state index < -0.39 is 0 Å². The third kappa shape index (κ3) is 2.91. The predicted octanol–water partition coefficient (Wildman–Crippen LogP) is 4.21. The molecule has 1 aromatic heterocycles. The maximum atomic E-state index is 12.4. The molecule has 0 spiro atoms. The minimum atomic E-state index is -0.235. The molecule has 0 saturated heterocycles. The molecule has 3 aromatic rings. The summed E-state index contributed by atoms with van der Waals surface area (Å²) in [5.41, 5.74) is 4.28. The molecule has 3 rings (SSSR count). The number of carbonyl (C=O) groups excluding carboxylic acids is 1. The van der Waals surface area contributed by atoms with Gasteiger partial charge >= 0.3 is 0 Å². The van der Waals surface area contributed by atoms with E-state index in [1.54, 1.807) is 0 Å². The molecular weight excluding hydrogens is 276 g/mol. The molecule has 0 unspecified atom stereocenters.